The van der Waals surface area contributed by atoms with Gasteiger partial charge in [-0.3, -0.25) is 10.2 Å². The van der Waals surface area contributed by atoms with Crippen molar-refractivity contribution >= 4 is 11.4 Å². The quantitative estimate of drug-likeness (QED) is 0.566. The molecule has 1 saturated carbocycles. The van der Waals surface area contributed by atoms with Crippen LogP contribution in [-0.4, -0.2) is 61.5 Å². The highest BCUT2D eigenvalue weighted by Crippen LogP contribution is 2.43. The van der Waals surface area contributed by atoms with Crippen LogP contribution in [0.1, 0.15) is 64.7 Å². The maximum absolute atomic E-state index is 9.59. The molecule has 2 heterocycles. The molecule has 31 heavy (non-hydrogen) atoms. The number of nitriles is 1. The van der Waals surface area contributed by atoms with Crippen molar-refractivity contribution in [2.75, 3.05) is 37.0 Å². The molecule has 1 saturated heterocycles. The molecule has 0 amide bonds. The minimum Gasteiger partial charge on any atom is -0.329 e. The number of rotatable bonds is 5. The fraction of sp³-hybridized carbons (Fsp3) is 0.720. The van der Waals surface area contributed by atoms with Gasteiger partial charge in [0.2, 0.25) is 0 Å². The molecule has 1 aliphatic carbocycles. The van der Waals surface area contributed by atoms with E-state index < -0.39 is 0 Å². The average molecular weight is 425 g/mol. The third-order valence-corrected chi connectivity index (χ3v) is 7.79. The Hall–Kier alpha value is -1.97. The van der Waals surface area contributed by atoms with Gasteiger partial charge >= 0.3 is 0 Å². The zero-order valence-corrected chi connectivity index (χ0v) is 19.6. The summed E-state index contributed by atoms with van der Waals surface area (Å²) < 4.78 is 0. The third-order valence-electron chi connectivity index (χ3n) is 7.79. The molecule has 0 bridgehead atoms. The van der Waals surface area contributed by atoms with Crippen LogP contribution in [0, 0.1) is 11.5 Å². The fourth-order valence-corrected chi connectivity index (χ4v) is 5.87. The number of hydrogen-bond donors (Lipinski definition) is 1. The van der Waals surface area contributed by atoms with Crippen LogP contribution in [0.4, 0.5) is 11.4 Å². The van der Waals surface area contributed by atoms with Gasteiger partial charge in [-0.1, -0.05) is 44.2 Å². The minimum absolute atomic E-state index is 0.127. The van der Waals surface area contributed by atoms with Crippen LogP contribution in [0.3, 0.4) is 0 Å². The van der Waals surface area contributed by atoms with Gasteiger partial charge in [0.25, 0.3) is 0 Å². The van der Waals surface area contributed by atoms with E-state index in [2.05, 4.69) is 76.4 Å². The average Bonchev–Trinajstić information content (AvgIpc) is 3.07. The number of nitrogens with zero attached hydrogens (tertiary/aromatic N) is 5. The summed E-state index contributed by atoms with van der Waals surface area (Å²) in [7, 11) is 4.21. The molecule has 3 aliphatic rings. The van der Waals surface area contributed by atoms with E-state index in [1.54, 1.807) is 0 Å². The van der Waals surface area contributed by atoms with E-state index in [0.717, 1.165) is 6.04 Å². The van der Waals surface area contributed by atoms with Crippen LogP contribution in [0.2, 0.25) is 0 Å². The Bertz CT molecular complexity index is 743. The molecule has 2 atom stereocenters. The first-order chi connectivity index (χ1) is 15.1. The number of likely N-dealkylation sites (tertiary alicyclic amines) is 1. The summed E-state index contributed by atoms with van der Waals surface area (Å²) in [6.07, 6.45) is 14.5. The predicted octanol–water partition coefficient (Wildman–Crippen LogP) is 4.15. The Morgan fingerprint density at radius 2 is 1.55 bits per heavy atom. The zero-order chi connectivity index (χ0) is 21.8. The number of nitrogens with one attached hydrogen (secondary N) is 1. The molecule has 170 valence electrons. The number of fused-ring (bicyclic) bond motifs is 1. The van der Waals surface area contributed by atoms with Gasteiger partial charge in [0.05, 0.1) is 17.5 Å². The molecule has 6 nitrogen and oxygen atoms in total. The van der Waals surface area contributed by atoms with E-state index in [4.69, 9.17) is 0 Å². The van der Waals surface area contributed by atoms with Crippen LogP contribution in [0.25, 0.3) is 0 Å². The van der Waals surface area contributed by atoms with Crippen molar-refractivity contribution in [1.82, 2.24) is 15.1 Å². The minimum atomic E-state index is -0.127. The van der Waals surface area contributed by atoms with Gasteiger partial charge in [0, 0.05) is 25.2 Å². The molecule has 1 N–H and O–H groups in total. The van der Waals surface area contributed by atoms with Gasteiger partial charge in [0.1, 0.15) is 0 Å². The van der Waals surface area contributed by atoms with E-state index in [-0.39, 0.29) is 12.5 Å². The summed E-state index contributed by atoms with van der Waals surface area (Å²) >= 11 is 0. The van der Waals surface area contributed by atoms with Crippen molar-refractivity contribution < 1.29 is 0 Å². The SMILES string of the molecule is CC(N(C)C)N1c2ccccc2N(C2CCN(C3CCCCCCC3)CC2)C1NC#N. The van der Waals surface area contributed by atoms with E-state index in [1.165, 1.54) is 82.3 Å². The lowest BCUT2D eigenvalue weighted by Gasteiger charge is -2.45. The molecule has 6 heteroatoms. The first-order valence-electron chi connectivity index (χ1n) is 12.3. The van der Waals surface area contributed by atoms with Gasteiger partial charge in [-0.2, -0.15) is 5.26 Å². The molecular formula is C25H40N6. The van der Waals surface area contributed by atoms with Crippen molar-refractivity contribution in [3.8, 4) is 6.19 Å². The molecule has 1 aromatic carbocycles. The number of piperidine rings is 1. The first-order valence-corrected chi connectivity index (χ1v) is 12.3. The molecule has 4 rings (SSSR count). The number of anilines is 2. The maximum Gasteiger partial charge on any atom is 0.188 e. The van der Waals surface area contributed by atoms with E-state index >= 15 is 0 Å². The summed E-state index contributed by atoms with van der Waals surface area (Å²) in [5.74, 6) is 0. The summed E-state index contributed by atoms with van der Waals surface area (Å²) in [4.78, 5) is 9.84. The smallest absolute Gasteiger partial charge is 0.188 e. The van der Waals surface area contributed by atoms with Crippen LogP contribution >= 0.6 is 0 Å². The van der Waals surface area contributed by atoms with Crippen LogP contribution in [0.5, 0.6) is 0 Å². The topological polar surface area (TPSA) is 48.8 Å². The second-order valence-electron chi connectivity index (χ2n) is 9.79. The van der Waals surface area contributed by atoms with Crippen molar-refractivity contribution in [3.63, 3.8) is 0 Å². The summed E-state index contributed by atoms with van der Waals surface area (Å²) in [6, 6.07) is 9.90. The number of hydrogen-bond acceptors (Lipinski definition) is 6. The Labute approximate surface area is 188 Å². The molecule has 2 unspecified atom stereocenters. The highest BCUT2D eigenvalue weighted by atomic mass is 15.6. The Kier molecular flexibility index (Phi) is 7.24. The van der Waals surface area contributed by atoms with Gasteiger partial charge < -0.3 is 14.7 Å². The molecule has 0 spiro atoms. The number of para-hydroxylation sites is 2. The Balaban J connectivity index is 1.51. The predicted molar refractivity (Wildman–Crippen MR) is 128 cm³/mol. The summed E-state index contributed by atoms with van der Waals surface area (Å²) in [5, 5.41) is 12.7. The van der Waals surface area contributed by atoms with Gasteiger partial charge in [0.15, 0.2) is 12.5 Å². The molecule has 0 aromatic heterocycles. The molecule has 1 aromatic rings. The van der Waals surface area contributed by atoms with Crippen molar-refractivity contribution in [1.29, 1.82) is 5.26 Å². The lowest BCUT2D eigenvalue weighted by atomic mass is 9.93. The van der Waals surface area contributed by atoms with Crippen LogP contribution < -0.4 is 15.1 Å². The number of benzene rings is 1. The lowest BCUT2D eigenvalue weighted by Crippen LogP contribution is -2.61. The Morgan fingerprint density at radius 3 is 2.16 bits per heavy atom. The van der Waals surface area contributed by atoms with Gasteiger partial charge in [-0.05, 0) is 58.8 Å². The highest BCUT2D eigenvalue weighted by Gasteiger charge is 2.43. The monoisotopic (exact) mass is 424 g/mol. The second kappa shape index (κ2) is 10.1. The molecule has 2 aliphatic heterocycles. The normalized spacial score (nSPS) is 25.1. The Morgan fingerprint density at radius 1 is 0.935 bits per heavy atom. The van der Waals surface area contributed by atoms with E-state index in [1.807, 2.05) is 0 Å². The van der Waals surface area contributed by atoms with E-state index in [0.29, 0.717) is 6.04 Å². The van der Waals surface area contributed by atoms with Crippen molar-refractivity contribution in [3.05, 3.63) is 24.3 Å². The van der Waals surface area contributed by atoms with E-state index in [9.17, 15) is 5.26 Å². The summed E-state index contributed by atoms with van der Waals surface area (Å²) in [5.41, 5.74) is 2.48. The van der Waals surface area contributed by atoms with Crippen molar-refractivity contribution in [2.45, 2.75) is 89.3 Å². The summed E-state index contributed by atoms with van der Waals surface area (Å²) in [6.45, 7) is 4.57. The molecule has 2 fully saturated rings. The molecular weight excluding hydrogens is 384 g/mol. The molecule has 0 radical (unpaired) electrons. The standard InChI is InChI=1S/C25H40N6/c1-20(28(2)3)30-23-13-9-10-14-24(23)31(25(30)27-19-26)22-15-17-29(18-16-22)21-11-7-5-4-6-8-12-21/h9-10,13-14,20-22,25,27H,4-8,11-12,15-18H2,1-3H3. The largest absolute Gasteiger partial charge is 0.329 e. The zero-order valence-electron chi connectivity index (χ0n) is 19.6. The van der Waals surface area contributed by atoms with Gasteiger partial charge in [-0.25, -0.2) is 0 Å². The van der Waals surface area contributed by atoms with Gasteiger partial charge in [-0.15, -0.1) is 0 Å². The van der Waals surface area contributed by atoms with Crippen molar-refractivity contribution in [2.24, 2.45) is 0 Å². The third kappa shape index (κ3) is 4.63. The highest BCUT2D eigenvalue weighted by molar-refractivity contribution is 5.78. The second-order valence-corrected chi connectivity index (χ2v) is 9.79. The fourth-order valence-electron chi connectivity index (χ4n) is 5.87. The lowest BCUT2D eigenvalue weighted by molar-refractivity contribution is 0.126. The first kappa shape index (κ1) is 22.2. The van der Waals surface area contributed by atoms with Crippen LogP contribution in [-0.2, 0) is 0 Å². The van der Waals surface area contributed by atoms with Crippen LogP contribution in [0.15, 0.2) is 24.3 Å². The maximum atomic E-state index is 9.59.